The van der Waals surface area contributed by atoms with Crippen LogP contribution < -0.4 is 10.5 Å². The minimum absolute atomic E-state index is 0.563. The van der Waals surface area contributed by atoms with E-state index in [1.165, 1.54) is 0 Å². The van der Waals surface area contributed by atoms with Crippen LogP contribution in [-0.2, 0) is 0 Å². The highest BCUT2D eigenvalue weighted by atomic mass is 16.5. The second-order valence-corrected chi connectivity index (χ2v) is 4.75. The molecule has 0 spiro atoms. The van der Waals surface area contributed by atoms with Crippen molar-refractivity contribution in [3.63, 3.8) is 0 Å². The van der Waals surface area contributed by atoms with E-state index in [-0.39, 0.29) is 0 Å². The van der Waals surface area contributed by atoms with Gasteiger partial charge in [0.05, 0.1) is 22.8 Å². The van der Waals surface area contributed by atoms with Gasteiger partial charge in [-0.15, -0.1) is 0 Å². The summed E-state index contributed by atoms with van der Waals surface area (Å²) in [7, 11) is 0. The zero-order valence-electron chi connectivity index (χ0n) is 11.5. The summed E-state index contributed by atoms with van der Waals surface area (Å²) >= 11 is 0. The SMILES string of the molecule is Cc1ccc(C#N)cc1Oc1ccc(N)c2ncccc12. The van der Waals surface area contributed by atoms with Crippen LogP contribution in [0.4, 0.5) is 5.69 Å². The summed E-state index contributed by atoms with van der Waals surface area (Å²) in [6, 6.07) is 14.8. The van der Waals surface area contributed by atoms with Crippen LogP contribution in [0, 0.1) is 18.3 Å². The Hall–Kier alpha value is -3.06. The zero-order valence-corrected chi connectivity index (χ0v) is 11.5. The lowest BCUT2D eigenvalue weighted by Crippen LogP contribution is -1.94. The molecule has 0 saturated heterocycles. The fourth-order valence-corrected chi connectivity index (χ4v) is 2.16. The maximum absolute atomic E-state index is 9.00. The average molecular weight is 275 g/mol. The zero-order chi connectivity index (χ0) is 14.8. The number of ether oxygens (including phenoxy) is 1. The molecule has 2 aromatic carbocycles. The van der Waals surface area contributed by atoms with Gasteiger partial charge in [0.25, 0.3) is 0 Å². The van der Waals surface area contributed by atoms with Gasteiger partial charge >= 0.3 is 0 Å². The van der Waals surface area contributed by atoms with Crippen molar-refractivity contribution in [1.82, 2.24) is 4.98 Å². The van der Waals surface area contributed by atoms with Gasteiger partial charge in [0.1, 0.15) is 11.5 Å². The number of nitrogen functional groups attached to an aromatic ring is 1. The number of anilines is 1. The number of nitriles is 1. The first-order valence-electron chi connectivity index (χ1n) is 6.51. The monoisotopic (exact) mass is 275 g/mol. The molecule has 0 amide bonds. The van der Waals surface area contributed by atoms with Gasteiger partial charge in [0.15, 0.2) is 0 Å². The molecule has 4 heteroatoms. The lowest BCUT2D eigenvalue weighted by molar-refractivity contribution is 0.484. The smallest absolute Gasteiger partial charge is 0.136 e. The predicted molar refractivity (Wildman–Crippen MR) is 82.1 cm³/mol. The highest BCUT2D eigenvalue weighted by molar-refractivity contribution is 5.93. The van der Waals surface area contributed by atoms with Crippen LogP contribution in [0.1, 0.15) is 11.1 Å². The molecule has 0 unspecified atom stereocenters. The lowest BCUT2D eigenvalue weighted by atomic mass is 10.1. The van der Waals surface area contributed by atoms with Crippen LogP contribution in [0.2, 0.25) is 0 Å². The third-order valence-electron chi connectivity index (χ3n) is 3.30. The Bertz CT molecular complexity index is 866. The van der Waals surface area contributed by atoms with Gasteiger partial charge in [-0.1, -0.05) is 6.07 Å². The topological polar surface area (TPSA) is 71.9 Å². The van der Waals surface area contributed by atoms with E-state index in [4.69, 9.17) is 15.7 Å². The van der Waals surface area contributed by atoms with Crippen LogP contribution in [0.15, 0.2) is 48.7 Å². The van der Waals surface area contributed by atoms with Crippen LogP contribution >= 0.6 is 0 Å². The number of fused-ring (bicyclic) bond motifs is 1. The molecule has 102 valence electrons. The molecule has 0 atom stereocenters. The Morgan fingerprint density at radius 1 is 1.14 bits per heavy atom. The highest BCUT2D eigenvalue weighted by Gasteiger charge is 2.09. The number of hydrogen-bond acceptors (Lipinski definition) is 4. The van der Waals surface area contributed by atoms with E-state index < -0.39 is 0 Å². The Morgan fingerprint density at radius 3 is 2.81 bits per heavy atom. The quantitative estimate of drug-likeness (QED) is 0.722. The number of aromatic nitrogens is 1. The molecule has 1 aromatic heterocycles. The molecule has 21 heavy (non-hydrogen) atoms. The molecule has 2 N–H and O–H groups in total. The van der Waals surface area contributed by atoms with Crippen LogP contribution in [0.3, 0.4) is 0 Å². The van der Waals surface area contributed by atoms with E-state index in [0.29, 0.717) is 28.3 Å². The maximum Gasteiger partial charge on any atom is 0.136 e. The largest absolute Gasteiger partial charge is 0.456 e. The van der Waals surface area contributed by atoms with Gasteiger partial charge < -0.3 is 10.5 Å². The second kappa shape index (κ2) is 5.14. The molecule has 3 rings (SSSR count). The Balaban J connectivity index is 2.11. The van der Waals surface area contributed by atoms with Crippen LogP contribution in [0.25, 0.3) is 10.9 Å². The van der Waals surface area contributed by atoms with E-state index in [0.717, 1.165) is 10.9 Å². The molecule has 4 nitrogen and oxygen atoms in total. The van der Waals surface area contributed by atoms with E-state index in [1.54, 1.807) is 24.4 Å². The summed E-state index contributed by atoms with van der Waals surface area (Å²) in [5.74, 6) is 1.33. The number of nitrogens with two attached hydrogens (primary N) is 1. The van der Waals surface area contributed by atoms with Gasteiger partial charge in [-0.05, 0) is 48.9 Å². The molecule has 1 heterocycles. The standard InChI is InChI=1S/C17H13N3O/c1-11-4-5-12(10-18)9-16(11)21-15-7-6-14(19)17-13(15)3-2-8-20-17/h2-9H,19H2,1H3. The van der Waals surface area contributed by atoms with Gasteiger partial charge in [-0.2, -0.15) is 5.26 Å². The Morgan fingerprint density at radius 2 is 2.00 bits per heavy atom. The molecule has 0 aliphatic rings. The van der Waals surface area contributed by atoms with Crippen LogP contribution in [0.5, 0.6) is 11.5 Å². The van der Waals surface area contributed by atoms with E-state index in [1.807, 2.05) is 31.2 Å². The molecule has 3 aromatic rings. The summed E-state index contributed by atoms with van der Waals surface area (Å²) in [5, 5.41) is 9.84. The van der Waals surface area contributed by atoms with Gasteiger partial charge in [0.2, 0.25) is 0 Å². The summed E-state index contributed by atoms with van der Waals surface area (Å²) in [6.45, 7) is 1.94. The molecular formula is C17H13N3O. The van der Waals surface area contributed by atoms with Gasteiger partial charge in [-0.25, -0.2) is 0 Å². The van der Waals surface area contributed by atoms with Crippen molar-refractivity contribution in [1.29, 1.82) is 5.26 Å². The average Bonchev–Trinajstić information content (AvgIpc) is 2.52. The van der Waals surface area contributed by atoms with E-state index in [2.05, 4.69) is 11.1 Å². The van der Waals surface area contributed by atoms with Crippen molar-refractivity contribution >= 4 is 16.6 Å². The molecule has 0 aliphatic carbocycles. The molecule has 0 radical (unpaired) electrons. The molecular weight excluding hydrogens is 262 g/mol. The molecule has 0 fully saturated rings. The third kappa shape index (κ3) is 2.37. The Labute approximate surface area is 122 Å². The minimum Gasteiger partial charge on any atom is -0.456 e. The fourth-order valence-electron chi connectivity index (χ4n) is 2.16. The normalized spacial score (nSPS) is 10.3. The lowest BCUT2D eigenvalue weighted by Gasteiger charge is -2.12. The summed E-state index contributed by atoms with van der Waals surface area (Å²) in [4.78, 5) is 4.28. The fraction of sp³-hybridized carbons (Fsp3) is 0.0588. The summed E-state index contributed by atoms with van der Waals surface area (Å²) < 4.78 is 5.97. The molecule has 0 saturated carbocycles. The number of benzene rings is 2. The van der Waals surface area contributed by atoms with Gasteiger partial charge in [0, 0.05) is 11.6 Å². The first-order chi connectivity index (χ1) is 10.2. The first kappa shape index (κ1) is 12.9. The van der Waals surface area contributed by atoms with Crippen LogP contribution in [-0.4, -0.2) is 4.98 Å². The van der Waals surface area contributed by atoms with Crippen molar-refractivity contribution in [2.75, 3.05) is 5.73 Å². The summed E-state index contributed by atoms with van der Waals surface area (Å²) in [5.41, 5.74) is 8.78. The maximum atomic E-state index is 9.00. The van der Waals surface area contributed by atoms with Crippen molar-refractivity contribution in [3.05, 3.63) is 59.8 Å². The Kier molecular flexibility index (Phi) is 3.17. The number of hydrogen-bond donors (Lipinski definition) is 1. The number of aryl methyl sites for hydroxylation is 1. The van der Waals surface area contributed by atoms with Crippen molar-refractivity contribution in [3.8, 4) is 17.6 Å². The number of pyridine rings is 1. The van der Waals surface area contributed by atoms with E-state index in [9.17, 15) is 0 Å². The van der Waals surface area contributed by atoms with Crippen molar-refractivity contribution in [2.24, 2.45) is 0 Å². The minimum atomic E-state index is 0.563. The van der Waals surface area contributed by atoms with Crippen molar-refractivity contribution in [2.45, 2.75) is 6.92 Å². The van der Waals surface area contributed by atoms with Crippen molar-refractivity contribution < 1.29 is 4.74 Å². The highest BCUT2D eigenvalue weighted by Crippen LogP contribution is 2.33. The number of rotatable bonds is 2. The van der Waals surface area contributed by atoms with E-state index >= 15 is 0 Å². The van der Waals surface area contributed by atoms with Gasteiger partial charge in [-0.3, -0.25) is 4.98 Å². The predicted octanol–water partition coefficient (Wildman–Crippen LogP) is 3.79. The second-order valence-electron chi connectivity index (χ2n) is 4.75. The summed E-state index contributed by atoms with van der Waals surface area (Å²) in [6.07, 6.45) is 1.70. The number of nitrogens with zero attached hydrogens (tertiary/aromatic N) is 2. The molecule has 0 aliphatic heterocycles. The third-order valence-corrected chi connectivity index (χ3v) is 3.30. The first-order valence-corrected chi connectivity index (χ1v) is 6.51. The molecule has 0 bridgehead atoms.